The van der Waals surface area contributed by atoms with Crippen molar-refractivity contribution in [3.8, 4) is 0 Å². The summed E-state index contributed by atoms with van der Waals surface area (Å²) in [6.45, 7) is 1.59. The largest absolute Gasteiger partial charge is 0.294 e. The van der Waals surface area contributed by atoms with E-state index in [2.05, 4.69) is 0 Å². The number of carbonyl (C=O) groups is 1. The molecule has 0 aromatic carbocycles. The maximum Gasteiger partial charge on any atom is 0.169 e. The van der Waals surface area contributed by atoms with E-state index in [1.54, 1.807) is 18.3 Å². The fourth-order valence-corrected chi connectivity index (χ4v) is 3.07. The fraction of sp³-hybridized carbons (Fsp3) is 0.500. The molecular formula is C10H11ClOS. The van der Waals surface area contributed by atoms with Crippen molar-refractivity contribution in [2.75, 3.05) is 0 Å². The molecule has 0 atom stereocenters. The van der Waals surface area contributed by atoms with Crippen molar-refractivity contribution < 1.29 is 4.79 Å². The third kappa shape index (κ3) is 1.65. The Hall–Kier alpha value is -0.340. The topological polar surface area (TPSA) is 17.1 Å². The van der Waals surface area contributed by atoms with Crippen molar-refractivity contribution in [2.24, 2.45) is 0 Å². The van der Waals surface area contributed by atoms with Gasteiger partial charge in [0.15, 0.2) is 5.78 Å². The summed E-state index contributed by atoms with van der Waals surface area (Å²) in [7, 11) is 0. The van der Waals surface area contributed by atoms with Crippen molar-refractivity contribution >= 4 is 28.7 Å². The summed E-state index contributed by atoms with van der Waals surface area (Å²) in [5, 5.41) is 0.792. The Morgan fingerprint density at radius 3 is 2.69 bits per heavy atom. The van der Waals surface area contributed by atoms with Gasteiger partial charge in [-0.15, -0.1) is 11.3 Å². The van der Waals surface area contributed by atoms with Crippen LogP contribution in [0, 0.1) is 0 Å². The first kappa shape index (κ1) is 9.22. The summed E-state index contributed by atoms with van der Waals surface area (Å²) in [6, 6.07) is 1.81. The second-order valence-electron chi connectivity index (χ2n) is 3.51. The second-order valence-corrected chi connectivity index (χ2v) is 5.00. The van der Waals surface area contributed by atoms with Crippen LogP contribution in [0.3, 0.4) is 0 Å². The molecule has 0 aliphatic heterocycles. The minimum Gasteiger partial charge on any atom is -0.294 e. The minimum absolute atomic E-state index is 0.123. The molecule has 1 aromatic rings. The van der Waals surface area contributed by atoms with Gasteiger partial charge >= 0.3 is 0 Å². The van der Waals surface area contributed by atoms with E-state index in [0.717, 1.165) is 9.90 Å². The third-order valence-electron chi connectivity index (χ3n) is 2.54. The van der Waals surface area contributed by atoms with E-state index in [9.17, 15) is 4.79 Å². The Bertz CT molecular complexity index is 339. The first-order valence-corrected chi connectivity index (χ1v) is 5.68. The molecule has 1 saturated carbocycles. The van der Waals surface area contributed by atoms with E-state index >= 15 is 0 Å². The maximum atomic E-state index is 11.1. The van der Waals surface area contributed by atoms with Gasteiger partial charge in [-0.25, -0.2) is 0 Å². The quantitative estimate of drug-likeness (QED) is 0.683. The zero-order valence-corrected chi connectivity index (χ0v) is 9.04. The Morgan fingerprint density at radius 2 is 2.31 bits per heavy atom. The van der Waals surface area contributed by atoms with E-state index in [1.165, 1.54) is 24.1 Å². The van der Waals surface area contributed by atoms with Gasteiger partial charge in [-0.05, 0) is 31.7 Å². The summed E-state index contributed by atoms with van der Waals surface area (Å²) >= 11 is 7.62. The van der Waals surface area contributed by atoms with Crippen LogP contribution >= 0.6 is 22.9 Å². The second kappa shape index (κ2) is 3.43. The molecule has 13 heavy (non-hydrogen) atoms. The molecule has 1 aliphatic rings. The molecule has 0 saturated heterocycles. The van der Waals surface area contributed by atoms with Crippen LogP contribution in [-0.4, -0.2) is 5.78 Å². The normalized spacial score (nSPS) is 17.1. The Kier molecular flexibility index (Phi) is 2.43. The average molecular weight is 215 g/mol. The van der Waals surface area contributed by atoms with Gasteiger partial charge in [0, 0.05) is 4.88 Å². The van der Waals surface area contributed by atoms with Crippen LogP contribution < -0.4 is 0 Å². The van der Waals surface area contributed by atoms with Gasteiger partial charge in [0.2, 0.25) is 0 Å². The summed E-state index contributed by atoms with van der Waals surface area (Å²) in [5.74, 6) is 0.753. The van der Waals surface area contributed by atoms with Crippen LogP contribution in [-0.2, 0) is 0 Å². The fourth-order valence-electron chi connectivity index (χ4n) is 1.51. The van der Waals surface area contributed by atoms with Crippen LogP contribution in [0.1, 0.15) is 46.7 Å². The number of carbonyl (C=O) groups excluding carboxylic acids is 1. The molecule has 0 unspecified atom stereocenters. The number of thiophene rings is 1. The maximum absolute atomic E-state index is 11.1. The number of hydrogen-bond acceptors (Lipinski definition) is 2. The molecule has 2 rings (SSSR count). The highest BCUT2D eigenvalue weighted by Gasteiger charge is 2.24. The molecule has 1 heterocycles. The summed E-state index contributed by atoms with van der Waals surface area (Å²) in [5.41, 5.74) is 0. The Balaban J connectivity index is 2.29. The standard InChI is InChI=1S/C10H11ClOS/c1-6(12)9-5-8(11)10(13-9)7-3-2-4-7/h5,7H,2-4H2,1H3. The van der Waals surface area contributed by atoms with Crippen LogP contribution in [0.5, 0.6) is 0 Å². The lowest BCUT2D eigenvalue weighted by molar-refractivity contribution is 0.102. The predicted molar refractivity (Wildman–Crippen MR) is 55.9 cm³/mol. The van der Waals surface area contributed by atoms with Gasteiger partial charge < -0.3 is 0 Å². The molecule has 1 nitrogen and oxygen atoms in total. The molecule has 1 aromatic heterocycles. The summed E-state index contributed by atoms with van der Waals surface area (Å²) in [6.07, 6.45) is 3.77. The third-order valence-corrected chi connectivity index (χ3v) is 4.36. The molecule has 0 N–H and O–H groups in total. The smallest absolute Gasteiger partial charge is 0.169 e. The van der Waals surface area contributed by atoms with Gasteiger partial charge in [0.1, 0.15) is 0 Å². The first-order valence-electron chi connectivity index (χ1n) is 4.48. The number of Topliss-reactive ketones (excluding diaryl/α,β-unsaturated/α-hetero) is 1. The van der Waals surface area contributed by atoms with E-state index in [4.69, 9.17) is 11.6 Å². The molecule has 0 spiro atoms. The highest BCUT2D eigenvalue weighted by atomic mass is 35.5. The molecular weight excluding hydrogens is 204 g/mol. The van der Waals surface area contributed by atoms with Gasteiger partial charge in [-0.3, -0.25) is 4.79 Å². The highest BCUT2D eigenvalue weighted by molar-refractivity contribution is 7.14. The van der Waals surface area contributed by atoms with Crippen LogP contribution in [0.15, 0.2) is 6.07 Å². The van der Waals surface area contributed by atoms with Crippen LogP contribution in [0.25, 0.3) is 0 Å². The van der Waals surface area contributed by atoms with E-state index in [-0.39, 0.29) is 5.78 Å². The van der Waals surface area contributed by atoms with Gasteiger partial charge in [0.05, 0.1) is 9.90 Å². The van der Waals surface area contributed by atoms with Crippen molar-refractivity contribution in [1.82, 2.24) is 0 Å². The Labute approximate surface area is 86.7 Å². The zero-order chi connectivity index (χ0) is 9.42. The Morgan fingerprint density at radius 1 is 1.62 bits per heavy atom. The van der Waals surface area contributed by atoms with Gasteiger partial charge in [0.25, 0.3) is 0 Å². The number of halogens is 1. The van der Waals surface area contributed by atoms with Crippen molar-refractivity contribution in [1.29, 1.82) is 0 Å². The van der Waals surface area contributed by atoms with Crippen LogP contribution in [0.2, 0.25) is 5.02 Å². The van der Waals surface area contributed by atoms with Crippen molar-refractivity contribution in [3.63, 3.8) is 0 Å². The minimum atomic E-state index is 0.123. The number of hydrogen-bond donors (Lipinski definition) is 0. The lowest BCUT2D eigenvalue weighted by Crippen LogP contribution is -2.06. The molecule has 1 fully saturated rings. The highest BCUT2D eigenvalue weighted by Crippen LogP contribution is 2.43. The lowest BCUT2D eigenvalue weighted by atomic mass is 9.84. The first-order chi connectivity index (χ1) is 6.18. The number of rotatable bonds is 2. The molecule has 3 heteroatoms. The van der Waals surface area contributed by atoms with Crippen molar-refractivity contribution in [3.05, 3.63) is 20.8 Å². The van der Waals surface area contributed by atoms with E-state index < -0.39 is 0 Å². The van der Waals surface area contributed by atoms with E-state index in [1.807, 2.05) is 6.07 Å². The molecule has 0 bridgehead atoms. The summed E-state index contributed by atoms with van der Waals surface area (Å²) in [4.78, 5) is 13.1. The number of ketones is 1. The van der Waals surface area contributed by atoms with Gasteiger partial charge in [-0.2, -0.15) is 0 Å². The van der Waals surface area contributed by atoms with Gasteiger partial charge in [-0.1, -0.05) is 18.0 Å². The average Bonchev–Trinajstić information content (AvgIpc) is 2.29. The molecule has 1 aliphatic carbocycles. The molecule has 0 amide bonds. The van der Waals surface area contributed by atoms with Crippen LogP contribution in [0.4, 0.5) is 0 Å². The SMILES string of the molecule is CC(=O)c1cc(Cl)c(C2CCC2)s1. The summed E-state index contributed by atoms with van der Waals surface area (Å²) < 4.78 is 0. The van der Waals surface area contributed by atoms with E-state index in [0.29, 0.717) is 5.92 Å². The molecule has 0 radical (unpaired) electrons. The molecule has 70 valence electrons. The zero-order valence-electron chi connectivity index (χ0n) is 7.47. The van der Waals surface area contributed by atoms with Crippen molar-refractivity contribution in [2.45, 2.75) is 32.1 Å². The monoisotopic (exact) mass is 214 g/mol. The lowest BCUT2D eigenvalue weighted by Gasteiger charge is -2.24. The predicted octanol–water partition coefficient (Wildman–Crippen LogP) is 3.87.